The van der Waals surface area contributed by atoms with Crippen LogP contribution >= 0.6 is 0 Å². The van der Waals surface area contributed by atoms with Crippen molar-refractivity contribution in [2.45, 2.75) is 178 Å². The van der Waals surface area contributed by atoms with E-state index in [0.29, 0.717) is 19.3 Å². The number of carbonyl (C=O) groups excluding carboxylic acids is 1. The highest BCUT2D eigenvalue weighted by molar-refractivity contribution is 5.80. The summed E-state index contributed by atoms with van der Waals surface area (Å²) in [5.74, 6) is -0.634. The summed E-state index contributed by atoms with van der Waals surface area (Å²) >= 11 is 0. The van der Waals surface area contributed by atoms with Crippen molar-refractivity contribution in [3.05, 3.63) is 24.3 Å². The van der Waals surface area contributed by atoms with Gasteiger partial charge < -0.3 is 45.4 Å². The van der Waals surface area contributed by atoms with E-state index in [-0.39, 0.29) is 6.61 Å². The molecule has 8 unspecified atom stereocenters. The van der Waals surface area contributed by atoms with Crippen LogP contribution in [0.3, 0.4) is 0 Å². The second kappa shape index (κ2) is 26.7. The van der Waals surface area contributed by atoms with E-state index in [0.717, 1.165) is 32.1 Å². The maximum Gasteiger partial charge on any atom is 0.249 e. The molecule has 1 amide bonds. The molecule has 264 valence electrons. The van der Waals surface area contributed by atoms with Crippen LogP contribution in [0.5, 0.6) is 0 Å². The van der Waals surface area contributed by atoms with Gasteiger partial charge >= 0.3 is 0 Å². The Morgan fingerprint density at radius 2 is 1.31 bits per heavy atom. The van der Waals surface area contributed by atoms with E-state index in [1.54, 1.807) is 6.08 Å². The number of amides is 1. The van der Waals surface area contributed by atoms with Crippen molar-refractivity contribution in [2.24, 2.45) is 0 Å². The fourth-order valence-electron chi connectivity index (χ4n) is 5.35. The van der Waals surface area contributed by atoms with Gasteiger partial charge in [-0.1, -0.05) is 122 Å². The van der Waals surface area contributed by atoms with E-state index < -0.39 is 61.5 Å². The predicted molar refractivity (Wildman–Crippen MR) is 176 cm³/mol. The van der Waals surface area contributed by atoms with Gasteiger partial charge in [-0.25, -0.2) is 0 Å². The van der Waals surface area contributed by atoms with Crippen LogP contribution in [-0.2, 0) is 14.3 Å². The highest BCUT2D eigenvalue weighted by Gasteiger charge is 2.44. The molecule has 1 heterocycles. The van der Waals surface area contributed by atoms with E-state index in [9.17, 15) is 35.4 Å². The number of rotatable bonds is 27. The molecule has 10 nitrogen and oxygen atoms in total. The summed E-state index contributed by atoms with van der Waals surface area (Å²) in [4.78, 5) is 12.8. The molecule has 7 N–H and O–H groups in total. The van der Waals surface area contributed by atoms with Crippen molar-refractivity contribution in [3.63, 3.8) is 0 Å². The van der Waals surface area contributed by atoms with Crippen LogP contribution in [0.25, 0.3) is 0 Å². The molecule has 1 aliphatic rings. The van der Waals surface area contributed by atoms with Gasteiger partial charge in [0, 0.05) is 0 Å². The third-order valence-corrected chi connectivity index (χ3v) is 8.39. The molecular weight excluding hydrogens is 578 g/mol. The van der Waals surface area contributed by atoms with Crippen LogP contribution in [0.2, 0.25) is 0 Å². The zero-order chi connectivity index (χ0) is 33.3. The summed E-state index contributed by atoms with van der Waals surface area (Å²) in [6.07, 6.45) is 17.2. The number of hydrogen-bond donors (Lipinski definition) is 7. The predicted octanol–water partition coefficient (Wildman–Crippen LogP) is 4.18. The molecule has 45 heavy (non-hydrogen) atoms. The molecule has 0 spiro atoms. The van der Waals surface area contributed by atoms with Crippen LogP contribution in [0.1, 0.15) is 129 Å². The van der Waals surface area contributed by atoms with Gasteiger partial charge in [-0.05, 0) is 32.1 Å². The molecule has 0 aliphatic carbocycles. The molecule has 1 rings (SSSR count). The maximum atomic E-state index is 12.8. The first-order valence-corrected chi connectivity index (χ1v) is 17.7. The Labute approximate surface area is 271 Å². The summed E-state index contributed by atoms with van der Waals surface area (Å²) in [5, 5.41) is 63.9. The number of nitrogens with one attached hydrogen (secondary N) is 1. The summed E-state index contributed by atoms with van der Waals surface area (Å²) < 4.78 is 11.0. The number of aliphatic hydroxyl groups is 6. The van der Waals surface area contributed by atoms with E-state index in [1.165, 1.54) is 64.2 Å². The normalized spacial score (nSPS) is 24.3. The molecule has 1 fully saturated rings. The lowest BCUT2D eigenvalue weighted by Gasteiger charge is -2.40. The fraction of sp³-hybridized carbons (Fsp3) is 0.857. The summed E-state index contributed by atoms with van der Waals surface area (Å²) in [5.41, 5.74) is 0. The van der Waals surface area contributed by atoms with Gasteiger partial charge in [0.2, 0.25) is 5.91 Å². The number of hydrogen-bond acceptors (Lipinski definition) is 9. The van der Waals surface area contributed by atoms with Gasteiger partial charge in [0.25, 0.3) is 0 Å². The van der Waals surface area contributed by atoms with E-state index >= 15 is 0 Å². The topological polar surface area (TPSA) is 169 Å². The molecule has 0 saturated carbocycles. The summed E-state index contributed by atoms with van der Waals surface area (Å²) in [7, 11) is 0. The van der Waals surface area contributed by atoms with Crippen molar-refractivity contribution in [3.8, 4) is 0 Å². The first-order valence-electron chi connectivity index (χ1n) is 17.7. The minimum absolute atomic E-state index is 0.304. The Morgan fingerprint density at radius 1 is 0.756 bits per heavy atom. The third kappa shape index (κ3) is 18.5. The van der Waals surface area contributed by atoms with Crippen LogP contribution in [-0.4, -0.2) is 98.7 Å². The monoisotopic (exact) mass is 643 g/mol. The Balaban J connectivity index is 2.62. The number of allylic oxidation sites excluding steroid dienone is 3. The second-order valence-electron chi connectivity index (χ2n) is 12.4. The molecular formula is C35H65NO9. The quantitative estimate of drug-likeness (QED) is 0.0513. The van der Waals surface area contributed by atoms with Gasteiger partial charge in [0.05, 0.1) is 25.4 Å². The molecule has 0 aromatic heterocycles. The average Bonchev–Trinajstić information content (AvgIpc) is 3.04. The SMILES string of the molecule is CCCCCCCC/C=C/CC/C=C/C(O)C(COC1OC(CO)C(O)C(O)C1O)NC(=O)C(O)CCCCCCCCCC. The van der Waals surface area contributed by atoms with Gasteiger partial charge in [0.15, 0.2) is 6.29 Å². The zero-order valence-electron chi connectivity index (χ0n) is 28.0. The van der Waals surface area contributed by atoms with E-state index in [2.05, 4.69) is 31.3 Å². The Kier molecular flexibility index (Phi) is 24.7. The lowest BCUT2D eigenvalue weighted by Crippen LogP contribution is -2.60. The maximum absolute atomic E-state index is 12.8. The standard InChI is InChI=1S/C35H65NO9/c1-3-5-7-9-11-13-14-15-16-18-19-21-23-28(38)27(26-44-35-33(42)32(41)31(40)30(25-37)45-35)36-34(43)29(39)24-22-20-17-12-10-8-6-4-2/h15-16,21,23,27-33,35,37-42H,3-14,17-20,22,24-26H2,1-2H3,(H,36,43)/b16-15+,23-21+. The fourth-order valence-corrected chi connectivity index (χ4v) is 5.35. The van der Waals surface area contributed by atoms with E-state index in [1.807, 2.05) is 6.08 Å². The lowest BCUT2D eigenvalue weighted by atomic mass is 9.99. The van der Waals surface area contributed by atoms with Crippen LogP contribution in [0.15, 0.2) is 24.3 Å². The highest BCUT2D eigenvalue weighted by Crippen LogP contribution is 2.22. The van der Waals surface area contributed by atoms with Crippen molar-refractivity contribution >= 4 is 5.91 Å². The van der Waals surface area contributed by atoms with E-state index in [4.69, 9.17) is 9.47 Å². The zero-order valence-corrected chi connectivity index (χ0v) is 28.0. The Morgan fingerprint density at radius 3 is 1.93 bits per heavy atom. The largest absolute Gasteiger partial charge is 0.394 e. The van der Waals surface area contributed by atoms with Crippen molar-refractivity contribution in [1.82, 2.24) is 5.32 Å². The molecule has 0 bridgehead atoms. The van der Waals surface area contributed by atoms with Gasteiger partial charge in [-0.3, -0.25) is 4.79 Å². The van der Waals surface area contributed by atoms with Gasteiger partial charge in [-0.15, -0.1) is 0 Å². The minimum atomic E-state index is -1.61. The van der Waals surface area contributed by atoms with Crippen molar-refractivity contribution < 1.29 is 44.9 Å². The number of ether oxygens (including phenoxy) is 2. The molecule has 8 atom stereocenters. The smallest absolute Gasteiger partial charge is 0.249 e. The molecule has 1 aliphatic heterocycles. The number of aliphatic hydroxyl groups excluding tert-OH is 6. The van der Waals surface area contributed by atoms with Gasteiger partial charge in [-0.2, -0.15) is 0 Å². The number of unbranched alkanes of at least 4 members (excludes halogenated alkanes) is 14. The lowest BCUT2D eigenvalue weighted by molar-refractivity contribution is -0.302. The minimum Gasteiger partial charge on any atom is -0.394 e. The Hall–Kier alpha value is -1.37. The molecule has 0 aromatic rings. The first kappa shape index (κ1) is 41.7. The first-order chi connectivity index (χ1) is 21.8. The highest BCUT2D eigenvalue weighted by atomic mass is 16.7. The average molecular weight is 644 g/mol. The summed E-state index contributed by atoms with van der Waals surface area (Å²) in [6.45, 7) is 3.48. The summed E-state index contributed by atoms with van der Waals surface area (Å²) in [6, 6.07) is -0.988. The molecule has 0 aromatic carbocycles. The molecule has 0 radical (unpaired) electrons. The van der Waals surface area contributed by atoms with Crippen molar-refractivity contribution in [1.29, 1.82) is 0 Å². The van der Waals surface area contributed by atoms with Crippen LogP contribution < -0.4 is 5.32 Å². The molecule has 10 heteroatoms. The number of carbonyl (C=O) groups is 1. The van der Waals surface area contributed by atoms with Crippen LogP contribution in [0, 0.1) is 0 Å². The molecule has 1 saturated heterocycles. The van der Waals surface area contributed by atoms with Crippen LogP contribution in [0.4, 0.5) is 0 Å². The third-order valence-electron chi connectivity index (χ3n) is 8.39. The van der Waals surface area contributed by atoms with Gasteiger partial charge in [0.1, 0.15) is 30.5 Å². The Bertz CT molecular complexity index is 778. The van der Waals surface area contributed by atoms with Crippen molar-refractivity contribution in [2.75, 3.05) is 13.2 Å². The second-order valence-corrected chi connectivity index (χ2v) is 12.4.